The van der Waals surface area contributed by atoms with E-state index in [0.717, 1.165) is 32.0 Å². The van der Waals surface area contributed by atoms with E-state index >= 15 is 0 Å². The van der Waals surface area contributed by atoms with Gasteiger partial charge in [-0.3, -0.25) is 14.5 Å². The van der Waals surface area contributed by atoms with Gasteiger partial charge in [0.05, 0.1) is 5.69 Å². The predicted octanol–water partition coefficient (Wildman–Crippen LogP) is 2.30. The Balaban J connectivity index is 1.45. The van der Waals surface area contributed by atoms with E-state index in [0.29, 0.717) is 23.0 Å². The highest BCUT2D eigenvalue weighted by Gasteiger charge is 2.27. The van der Waals surface area contributed by atoms with Gasteiger partial charge in [-0.25, -0.2) is 0 Å². The lowest BCUT2D eigenvalue weighted by atomic mass is 9.99. The Hall–Kier alpha value is -1.79. The van der Waals surface area contributed by atoms with Gasteiger partial charge in [-0.1, -0.05) is 18.5 Å². The summed E-state index contributed by atoms with van der Waals surface area (Å²) in [6.45, 7) is 6.14. The van der Waals surface area contributed by atoms with E-state index in [1.807, 2.05) is 0 Å². The largest absolute Gasteiger partial charge is 0.482 e. The zero-order valence-corrected chi connectivity index (χ0v) is 15.9. The molecule has 142 valence electrons. The molecule has 0 aliphatic carbocycles. The van der Waals surface area contributed by atoms with Crippen LogP contribution in [-0.4, -0.2) is 56.0 Å². The Kier molecular flexibility index (Phi) is 6.38. The van der Waals surface area contributed by atoms with Crippen LogP contribution < -0.4 is 15.0 Å². The molecule has 1 fully saturated rings. The maximum absolute atomic E-state index is 12.3. The van der Waals surface area contributed by atoms with Crippen LogP contribution in [0.3, 0.4) is 0 Å². The number of rotatable bonds is 6. The number of carbonyl (C=O) groups excluding carboxylic acids is 2. The summed E-state index contributed by atoms with van der Waals surface area (Å²) in [6, 6.07) is 5.07. The highest BCUT2D eigenvalue weighted by molar-refractivity contribution is 6.31. The summed E-state index contributed by atoms with van der Waals surface area (Å²) in [5, 5.41) is 3.41. The topological polar surface area (TPSA) is 61.9 Å². The number of benzene rings is 1. The fraction of sp³-hybridized carbons (Fsp3) is 0.579. The number of ether oxygens (including phenoxy) is 1. The summed E-state index contributed by atoms with van der Waals surface area (Å²) in [4.78, 5) is 28.3. The number of fused-ring (bicyclic) bond motifs is 1. The summed E-state index contributed by atoms with van der Waals surface area (Å²) in [6.07, 6.45) is 3.43. The van der Waals surface area contributed by atoms with E-state index < -0.39 is 0 Å². The maximum atomic E-state index is 12.3. The molecule has 3 rings (SSSR count). The van der Waals surface area contributed by atoms with Gasteiger partial charge >= 0.3 is 0 Å². The molecular weight excluding hydrogens is 354 g/mol. The Bertz CT molecular complexity index is 659. The fourth-order valence-electron chi connectivity index (χ4n) is 3.36. The van der Waals surface area contributed by atoms with Crippen molar-refractivity contribution in [2.24, 2.45) is 5.92 Å². The van der Waals surface area contributed by atoms with Crippen LogP contribution >= 0.6 is 11.6 Å². The van der Waals surface area contributed by atoms with Gasteiger partial charge in [-0.15, -0.1) is 0 Å². The van der Waals surface area contributed by atoms with Crippen molar-refractivity contribution in [2.75, 3.05) is 44.2 Å². The second-order valence-electron chi connectivity index (χ2n) is 7.11. The maximum Gasteiger partial charge on any atom is 0.265 e. The van der Waals surface area contributed by atoms with E-state index in [1.165, 1.54) is 17.7 Å². The molecule has 26 heavy (non-hydrogen) atoms. The number of likely N-dealkylation sites (tertiary alicyclic amines) is 1. The summed E-state index contributed by atoms with van der Waals surface area (Å²) in [5.74, 6) is 0.991. The lowest BCUT2D eigenvalue weighted by molar-refractivity contribution is -0.125. The van der Waals surface area contributed by atoms with Crippen molar-refractivity contribution >= 4 is 29.1 Å². The molecule has 7 heteroatoms. The molecule has 1 aromatic rings. The lowest BCUT2D eigenvalue weighted by Crippen LogP contribution is -2.45. The molecule has 0 unspecified atom stereocenters. The highest BCUT2D eigenvalue weighted by Crippen LogP contribution is 2.34. The third-order valence-corrected chi connectivity index (χ3v) is 5.25. The summed E-state index contributed by atoms with van der Waals surface area (Å²) >= 11 is 6.01. The summed E-state index contributed by atoms with van der Waals surface area (Å²) in [5.41, 5.74) is 0.548. The van der Waals surface area contributed by atoms with Crippen LogP contribution in [0.15, 0.2) is 18.2 Å². The molecule has 1 N–H and O–H groups in total. The molecule has 0 aromatic heterocycles. The van der Waals surface area contributed by atoms with Gasteiger partial charge < -0.3 is 15.0 Å². The van der Waals surface area contributed by atoms with Gasteiger partial charge in [0.1, 0.15) is 12.3 Å². The molecule has 1 saturated heterocycles. The van der Waals surface area contributed by atoms with Gasteiger partial charge in [0.15, 0.2) is 6.61 Å². The Labute approximate surface area is 159 Å². The van der Waals surface area contributed by atoms with Crippen LogP contribution in [0.4, 0.5) is 5.69 Å². The van der Waals surface area contributed by atoms with Crippen molar-refractivity contribution in [1.82, 2.24) is 10.2 Å². The average Bonchev–Trinajstić information content (AvgIpc) is 2.63. The van der Waals surface area contributed by atoms with Crippen LogP contribution in [0, 0.1) is 5.92 Å². The second kappa shape index (κ2) is 8.73. The number of hydrogen-bond acceptors (Lipinski definition) is 4. The first-order chi connectivity index (χ1) is 12.5. The lowest BCUT2D eigenvalue weighted by Gasteiger charge is -2.30. The van der Waals surface area contributed by atoms with Crippen LogP contribution in [0.25, 0.3) is 0 Å². The minimum atomic E-state index is -0.239. The van der Waals surface area contributed by atoms with Gasteiger partial charge in [0, 0.05) is 11.6 Å². The first-order valence-electron chi connectivity index (χ1n) is 9.24. The number of anilines is 1. The Morgan fingerprint density at radius 3 is 2.88 bits per heavy atom. The van der Waals surface area contributed by atoms with E-state index in [-0.39, 0.29) is 25.0 Å². The average molecular weight is 380 g/mol. The molecule has 2 heterocycles. The molecule has 0 radical (unpaired) electrons. The number of nitrogens with zero attached hydrogens (tertiary/aromatic N) is 2. The SMILES string of the molecule is CC1CCN(CCCNC(=O)CN2C(=O)COc3ccc(Cl)cc32)CC1. The Morgan fingerprint density at radius 1 is 1.35 bits per heavy atom. The highest BCUT2D eigenvalue weighted by atomic mass is 35.5. The van der Waals surface area contributed by atoms with Crippen molar-refractivity contribution in [2.45, 2.75) is 26.2 Å². The first-order valence-corrected chi connectivity index (χ1v) is 9.62. The molecule has 0 saturated carbocycles. The van der Waals surface area contributed by atoms with Gasteiger partial charge in [0.25, 0.3) is 5.91 Å². The number of piperidine rings is 1. The number of nitrogens with one attached hydrogen (secondary N) is 1. The third kappa shape index (κ3) is 4.89. The number of amides is 2. The van der Waals surface area contributed by atoms with Crippen LogP contribution in [0.5, 0.6) is 5.75 Å². The van der Waals surface area contributed by atoms with Crippen molar-refractivity contribution in [1.29, 1.82) is 0 Å². The van der Waals surface area contributed by atoms with Crippen LogP contribution in [-0.2, 0) is 9.59 Å². The van der Waals surface area contributed by atoms with Crippen LogP contribution in [0.2, 0.25) is 5.02 Å². The quantitative estimate of drug-likeness (QED) is 0.770. The minimum Gasteiger partial charge on any atom is -0.482 e. The van der Waals surface area contributed by atoms with Crippen molar-refractivity contribution in [3.05, 3.63) is 23.2 Å². The van der Waals surface area contributed by atoms with Gasteiger partial charge in [0.2, 0.25) is 5.91 Å². The minimum absolute atomic E-state index is 0.0171. The number of hydrogen-bond donors (Lipinski definition) is 1. The number of halogens is 1. The van der Waals surface area contributed by atoms with Gasteiger partial charge in [-0.05, 0) is 63.0 Å². The molecule has 1 aromatic carbocycles. The van der Waals surface area contributed by atoms with Crippen molar-refractivity contribution in [3.63, 3.8) is 0 Å². The predicted molar refractivity (Wildman–Crippen MR) is 102 cm³/mol. The van der Waals surface area contributed by atoms with Crippen molar-refractivity contribution < 1.29 is 14.3 Å². The smallest absolute Gasteiger partial charge is 0.265 e. The second-order valence-corrected chi connectivity index (χ2v) is 7.54. The normalized spacial score (nSPS) is 18.4. The molecule has 2 amide bonds. The summed E-state index contributed by atoms with van der Waals surface area (Å²) in [7, 11) is 0. The summed E-state index contributed by atoms with van der Waals surface area (Å²) < 4.78 is 5.39. The molecule has 2 aliphatic rings. The van der Waals surface area contributed by atoms with E-state index in [4.69, 9.17) is 16.3 Å². The Morgan fingerprint density at radius 2 is 2.12 bits per heavy atom. The molecule has 0 atom stereocenters. The van der Waals surface area contributed by atoms with E-state index in [1.54, 1.807) is 18.2 Å². The zero-order chi connectivity index (χ0) is 18.5. The molecule has 0 bridgehead atoms. The van der Waals surface area contributed by atoms with Crippen LogP contribution in [0.1, 0.15) is 26.2 Å². The fourth-order valence-corrected chi connectivity index (χ4v) is 3.53. The zero-order valence-electron chi connectivity index (χ0n) is 15.2. The van der Waals surface area contributed by atoms with Gasteiger partial charge in [-0.2, -0.15) is 0 Å². The van der Waals surface area contributed by atoms with Crippen molar-refractivity contribution in [3.8, 4) is 5.75 Å². The molecule has 2 aliphatic heterocycles. The third-order valence-electron chi connectivity index (χ3n) is 5.02. The monoisotopic (exact) mass is 379 g/mol. The standard InChI is InChI=1S/C19H26ClN3O3/c1-14-5-9-22(10-6-14)8-2-7-21-18(24)12-23-16-11-15(20)3-4-17(16)26-13-19(23)25/h3-4,11,14H,2,5-10,12-13H2,1H3,(H,21,24). The number of carbonyl (C=O) groups is 2. The molecule has 0 spiro atoms. The molecule has 6 nitrogen and oxygen atoms in total. The first kappa shape index (κ1) is 19.0. The van der Waals surface area contributed by atoms with E-state index in [9.17, 15) is 9.59 Å². The molecular formula is C19H26ClN3O3. The van der Waals surface area contributed by atoms with E-state index in [2.05, 4.69) is 17.1 Å².